The molecule has 3 aromatic carbocycles. The van der Waals surface area contributed by atoms with E-state index >= 15 is 0 Å². The van der Waals surface area contributed by atoms with Crippen LogP contribution in [-0.4, -0.2) is 11.0 Å². The normalized spacial score (nSPS) is 10.6. The number of anilines is 1. The third-order valence-corrected chi connectivity index (χ3v) is 4.02. The lowest BCUT2D eigenvalue weighted by molar-refractivity contribution is 0.102. The summed E-state index contributed by atoms with van der Waals surface area (Å²) in [5.74, 6) is -5.31. The van der Waals surface area contributed by atoms with Crippen molar-refractivity contribution in [2.24, 2.45) is 0 Å². The smallest absolute Gasteiger partial charge is 0.255 e. The van der Waals surface area contributed by atoms with E-state index in [1.165, 1.54) is 12.1 Å². The predicted octanol–water partition coefficient (Wildman–Crippen LogP) is 5.38. The van der Waals surface area contributed by atoms with Crippen LogP contribution in [0.15, 0.2) is 54.6 Å². The van der Waals surface area contributed by atoms with E-state index in [2.05, 4.69) is 5.32 Å². The summed E-state index contributed by atoms with van der Waals surface area (Å²) in [7, 11) is 0. The van der Waals surface area contributed by atoms with Crippen molar-refractivity contribution in [2.75, 3.05) is 5.32 Å². The molecule has 26 heavy (non-hydrogen) atoms. The number of halogens is 4. The Morgan fingerprint density at radius 3 is 2.27 bits per heavy atom. The molecule has 0 radical (unpaired) electrons. The Morgan fingerprint density at radius 1 is 0.885 bits per heavy atom. The number of nitrogens with one attached hydrogen (secondary N) is 1. The van der Waals surface area contributed by atoms with Gasteiger partial charge in [-0.05, 0) is 36.4 Å². The summed E-state index contributed by atoms with van der Waals surface area (Å²) in [6.45, 7) is 0. The minimum atomic E-state index is -1.40. The van der Waals surface area contributed by atoms with Crippen LogP contribution in [0.2, 0.25) is 5.02 Å². The van der Waals surface area contributed by atoms with Gasteiger partial charge >= 0.3 is 0 Å². The number of phenols is 1. The van der Waals surface area contributed by atoms with Crippen LogP contribution >= 0.6 is 11.6 Å². The summed E-state index contributed by atoms with van der Waals surface area (Å²) in [5.41, 5.74) is -1.09. The molecular weight excluding hydrogens is 367 g/mol. The molecule has 7 heteroatoms. The average molecular weight is 378 g/mol. The zero-order valence-corrected chi connectivity index (χ0v) is 13.8. The van der Waals surface area contributed by atoms with Gasteiger partial charge in [0.25, 0.3) is 5.91 Å². The van der Waals surface area contributed by atoms with Crippen molar-refractivity contribution < 1.29 is 23.1 Å². The van der Waals surface area contributed by atoms with Crippen molar-refractivity contribution in [2.45, 2.75) is 0 Å². The first-order chi connectivity index (χ1) is 12.4. The molecule has 0 fully saturated rings. The maximum Gasteiger partial charge on any atom is 0.255 e. The second kappa shape index (κ2) is 7.09. The lowest BCUT2D eigenvalue weighted by Crippen LogP contribution is -2.13. The second-order valence-corrected chi connectivity index (χ2v) is 5.77. The molecule has 3 rings (SSSR count). The maximum absolute atomic E-state index is 14.5. The molecule has 0 aliphatic rings. The van der Waals surface area contributed by atoms with E-state index in [9.17, 15) is 23.1 Å². The van der Waals surface area contributed by atoms with Gasteiger partial charge in [0, 0.05) is 16.7 Å². The van der Waals surface area contributed by atoms with Gasteiger partial charge in [-0.25, -0.2) is 13.2 Å². The Balaban J connectivity index is 2.00. The van der Waals surface area contributed by atoms with E-state index in [0.717, 1.165) is 24.3 Å². The van der Waals surface area contributed by atoms with Crippen molar-refractivity contribution in [1.29, 1.82) is 0 Å². The number of benzene rings is 3. The van der Waals surface area contributed by atoms with Crippen LogP contribution in [-0.2, 0) is 0 Å². The molecule has 3 aromatic rings. The first kappa shape index (κ1) is 17.8. The summed E-state index contributed by atoms with van der Waals surface area (Å²) in [6, 6.07) is 12.3. The predicted molar refractivity (Wildman–Crippen MR) is 92.8 cm³/mol. The first-order valence-corrected chi connectivity index (χ1v) is 7.79. The van der Waals surface area contributed by atoms with E-state index in [0.29, 0.717) is 0 Å². The lowest BCUT2D eigenvalue weighted by atomic mass is 10.0. The van der Waals surface area contributed by atoms with Crippen LogP contribution in [0.1, 0.15) is 10.4 Å². The van der Waals surface area contributed by atoms with Crippen molar-refractivity contribution in [3.05, 3.63) is 82.6 Å². The van der Waals surface area contributed by atoms with Gasteiger partial charge in [-0.1, -0.05) is 29.8 Å². The highest BCUT2D eigenvalue weighted by molar-refractivity contribution is 6.33. The third kappa shape index (κ3) is 3.23. The molecule has 0 aliphatic carbocycles. The summed E-state index contributed by atoms with van der Waals surface area (Å²) in [5, 5.41) is 11.5. The van der Waals surface area contributed by atoms with Gasteiger partial charge in [-0.15, -0.1) is 0 Å². The quantitative estimate of drug-likeness (QED) is 0.643. The molecule has 0 bridgehead atoms. The van der Waals surface area contributed by atoms with E-state index in [1.807, 2.05) is 0 Å². The van der Waals surface area contributed by atoms with Gasteiger partial charge in [0.05, 0.1) is 10.7 Å². The van der Waals surface area contributed by atoms with Gasteiger partial charge < -0.3 is 10.4 Å². The van der Waals surface area contributed by atoms with E-state index in [4.69, 9.17) is 11.6 Å². The van der Waals surface area contributed by atoms with Crippen molar-refractivity contribution >= 4 is 23.2 Å². The molecule has 0 aliphatic heterocycles. The molecule has 0 spiro atoms. The number of carbonyl (C=O) groups is 1. The summed E-state index contributed by atoms with van der Waals surface area (Å²) < 4.78 is 42.9. The topological polar surface area (TPSA) is 49.3 Å². The minimum absolute atomic E-state index is 0.195. The van der Waals surface area contributed by atoms with E-state index in [-0.39, 0.29) is 10.6 Å². The largest absolute Gasteiger partial charge is 0.505 e. The van der Waals surface area contributed by atoms with Gasteiger partial charge in [0.2, 0.25) is 0 Å². The monoisotopic (exact) mass is 377 g/mol. The number of aromatic hydroxyl groups is 1. The molecule has 0 aromatic heterocycles. The fraction of sp³-hybridized carbons (Fsp3) is 0. The molecule has 0 heterocycles. The van der Waals surface area contributed by atoms with Gasteiger partial charge in [0.1, 0.15) is 0 Å². The number of amides is 1. The van der Waals surface area contributed by atoms with Gasteiger partial charge in [-0.2, -0.15) is 0 Å². The van der Waals surface area contributed by atoms with Crippen LogP contribution in [0, 0.1) is 17.5 Å². The fourth-order valence-electron chi connectivity index (χ4n) is 2.41. The van der Waals surface area contributed by atoms with E-state index in [1.54, 1.807) is 18.2 Å². The van der Waals surface area contributed by atoms with Crippen molar-refractivity contribution in [3.63, 3.8) is 0 Å². The van der Waals surface area contributed by atoms with Crippen molar-refractivity contribution in [1.82, 2.24) is 0 Å². The molecule has 2 N–H and O–H groups in total. The van der Waals surface area contributed by atoms with Gasteiger partial charge in [-0.3, -0.25) is 4.79 Å². The van der Waals surface area contributed by atoms with Crippen LogP contribution in [0.4, 0.5) is 18.9 Å². The fourth-order valence-corrected chi connectivity index (χ4v) is 2.66. The van der Waals surface area contributed by atoms with Gasteiger partial charge in [0.15, 0.2) is 23.2 Å². The molecule has 1 amide bonds. The molecule has 0 unspecified atom stereocenters. The van der Waals surface area contributed by atoms with Crippen LogP contribution in [0.5, 0.6) is 5.75 Å². The Hall–Kier alpha value is -2.99. The Labute approximate surface area is 151 Å². The summed E-state index contributed by atoms with van der Waals surface area (Å²) in [6.07, 6.45) is 0. The number of hydrogen-bond acceptors (Lipinski definition) is 2. The summed E-state index contributed by atoms with van der Waals surface area (Å²) in [4.78, 5) is 12.1. The highest BCUT2D eigenvalue weighted by Gasteiger charge is 2.22. The molecule has 132 valence electrons. The zero-order valence-electron chi connectivity index (χ0n) is 13.1. The maximum atomic E-state index is 14.5. The molecule has 3 nitrogen and oxygen atoms in total. The minimum Gasteiger partial charge on any atom is -0.505 e. The zero-order chi connectivity index (χ0) is 18.8. The SMILES string of the molecule is O=C(Nc1ccc(-c2c(Cl)ccc(O)c2F)c(F)c1F)c1ccccc1. The lowest BCUT2D eigenvalue weighted by Gasteiger charge is -2.12. The van der Waals surface area contributed by atoms with E-state index < -0.39 is 45.9 Å². The number of rotatable bonds is 3. The third-order valence-electron chi connectivity index (χ3n) is 3.71. The van der Waals surface area contributed by atoms with Crippen molar-refractivity contribution in [3.8, 4) is 16.9 Å². The Bertz CT molecular complexity index is 994. The second-order valence-electron chi connectivity index (χ2n) is 5.36. The Kier molecular flexibility index (Phi) is 4.86. The highest BCUT2D eigenvalue weighted by Crippen LogP contribution is 2.38. The molecular formula is C19H11ClF3NO2. The molecule has 0 atom stereocenters. The Morgan fingerprint density at radius 2 is 1.58 bits per heavy atom. The molecule has 0 saturated heterocycles. The average Bonchev–Trinajstić information content (AvgIpc) is 2.65. The number of carbonyl (C=O) groups excluding carboxylic acids is 1. The van der Waals surface area contributed by atoms with Crippen LogP contribution in [0.25, 0.3) is 11.1 Å². The summed E-state index contributed by atoms with van der Waals surface area (Å²) >= 11 is 5.85. The highest BCUT2D eigenvalue weighted by atomic mass is 35.5. The molecule has 0 saturated carbocycles. The standard InChI is InChI=1S/C19H11ClF3NO2/c20-12-7-9-14(25)18(23)15(12)11-6-8-13(17(22)16(11)21)24-19(26)10-4-2-1-3-5-10/h1-9,25H,(H,24,26). The van der Waals surface area contributed by atoms with Crippen LogP contribution < -0.4 is 5.32 Å². The first-order valence-electron chi connectivity index (χ1n) is 7.42. The van der Waals surface area contributed by atoms with Crippen LogP contribution in [0.3, 0.4) is 0 Å². The number of hydrogen-bond donors (Lipinski definition) is 2. The number of phenolic OH excluding ortho intramolecular Hbond substituents is 1.